The molecule has 0 amide bonds. The fourth-order valence-corrected chi connectivity index (χ4v) is 8.13. The van der Waals surface area contributed by atoms with Gasteiger partial charge in [-0.15, -0.1) is 0 Å². The number of rotatable bonds is 4. The predicted molar refractivity (Wildman–Crippen MR) is 197 cm³/mol. The molecule has 1 aliphatic carbocycles. The lowest BCUT2D eigenvalue weighted by molar-refractivity contribution is 0.661. The largest absolute Gasteiger partial charge is 0.0622 e. The van der Waals surface area contributed by atoms with Gasteiger partial charge in [-0.1, -0.05) is 166 Å². The van der Waals surface area contributed by atoms with Gasteiger partial charge in [0.05, 0.1) is 0 Å². The van der Waals surface area contributed by atoms with Gasteiger partial charge in [0.1, 0.15) is 0 Å². The van der Waals surface area contributed by atoms with Crippen LogP contribution in [0, 0.1) is 0 Å². The van der Waals surface area contributed by atoms with Gasteiger partial charge >= 0.3 is 0 Å². The average Bonchev–Trinajstić information content (AvgIpc) is 3.34. The summed E-state index contributed by atoms with van der Waals surface area (Å²) in [5.41, 5.74) is 13.4. The molecule has 0 heteroatoms. The second-order valence-corrected chi connectivity index (χ2v) is 13.2. The summed E-state index contributed by atoms with van der Waals surface area (Å²) in [7, 11) is 0. The third kappa shape index (κ3) is 4.00. The molecule has 0 atom stereocenters. The Morgan fingerprint density at radius 1 is 0.391 bits per heavy atom. The third-order valence-corrected chi connectivity index (χ3v) is 10.3. The molecule has 0 N–H and O–H groups in total. The van der Waals surface area contributed by atoms with Crippen molar-refractivity contribution in [1.29, 1.82) is 0 Å². The van der Waals surface area contributed by atoms with Crippen molar-refractivity contribution in [3.8, 4) is 33.4 Å². The molecule has 1 aliphatic rings. The summed E-state index contributed by atoms with van der Waals surface area (Å²) < 4.78 is 0. The van der Waals surface area contributed by atoms with Crippen LogP contribution in [0.4, 0.5) is 0 Å². The monoisotopic (exact) mass is 586 g/mol. The molecule has 0 heterocycles. The van der Waals surface area contributed by atoms with Gasteiger partial charge in [-0.05, 0) is 100 Å². The zero-order valence-electron chi connectivity index (χ0n) is 26.2. The van der Waals surface area contributed by atoms with Crippen LogP contribution in [0.5, 0.6) is 0 Å². The zero-order valence-corrected chi connectivity index (χ0v) is 26.2. The van der Waals surface area contributed by atoms with E-state index in [2.05, 4.69) is 172 Å². The molecule has 0 saturated heterocycles. The van der Waals surface area contributed by atoms with E-state index in [1.165, 1.54) is 88.0 Å². The van der Waals surface area contributed by atoms with Crippen molar-refractivity contribution in [2.75, 3.05) is 0 Å². The summed E-state index contributed by atoms with van der Waals surface area (Å²) >= 11 is 0. The summed E-state index contributed by atoms with van der Waals surface area (Å²) in [6.07, 6.45) is 0.909. The molecule has 0 nitrogen and oxygen atoms in total. The van der Waals surface area contributed by atoms with E-state index in [1.807, 2.05) is 0 Å². The molecule has 0 bridgehead atoms. The van der Waals surface area contributed by atoms with Gasteiger partial charge in [0.2, 0.25) is 0 Å². The van der Waals surface area contributed by atoms with Gasteiger partial charge in [-0.3, -0.25) is 0 Å². The highest BCUT2D eigenvalue weighted by Gasteiger charge is 2.36. The summed E-state index contributed by atoms with van der Waals surface area (Å²) in [4.78, 5) is 0. The van der Waals surface area contributed by atoms with E-state index in [4.69, 9.17) is 0 Å². The minimum atomic E-state index is -0.0516. The fraction of sp³-hybridized carbons (Fsp3) is 0.0870. The Morgan fingerprint density at radius 3 is 1.54 bits per heavy atom. The molecule has 0 radical (unpaired) electrons. The van der Waals surface area contributed by atoms with Crippen LogP contribution in [-0.4, -0.2) is 0 Å². The second kappa shape index (κ2) is 10.3. The van der Waals surface area contributed by atoms with Crippen LogP contribution in [0.25, 0.3) is 65.7 Å². The first kappa shape index (κ1) is 26.9. The van der Waals surface area contributed by atoms with Crippen molar-refractivity contribution in [2.24, 2.45) is 0 Å². The maximum absolute atomic E-state index is 2.47. The lowest BCUT2D eigenvalue weighted by Crippen LogP contribution is -2.15. The van der Waals surface area contributed by atoms with Gasteiger partial charge in [0, 0.05) is 5.41 Å². The first-order valence-electron chi connectivity index (χ1n) is 16.3. The van der Waals surface area contributed by atoms with Gasteiger partial charge in [0.15, 0.2) is 0 Å². The summed E-state index contributed by atoms with van der Waals surface area (Å²) in [5.74, 6) is 0. The van der Waals surface area contributed by atoms with Crippen LogP contribution < -0.4 is 0 Å². The highest BCUT2D eigenvalue weighted by Crippen LogP contribution is 2.53. The van der Waals surface area contributed by atoms with Crippen molar-refractivity contribution in [2.45, 2.75) is 25.7 Å². The maximum atomic E-state index is 2.47. The molecule has 0 fully saturated rings. The van der Waals surface area contributed by atoms with E-state index in [0.717, 1.165) is 6.42 Å². The van der Waals surface area contributed by atoms with E-state index in [9.17, 15) is 0 Å². The molecule has 0 unspecified atom stereocenters. The Kier molecular flexibility index (Phi) is 6.02. The number of hydrogen-bond acceptors (Lipinski definition) is 0. The van der Waals surface area contributed by atoms with Crippen molar-refractivity contribution in [1.82, 2.24) is 0 Å². The Labute approximate surface area is 270 Å². The van der Waals surface area contributed by atoms with Gasteiger partial charge in [0.25, 0.3) is 0 Å². The van der Waals surface area contributed by atoms with Gasteiger partial charge < -0.3 is 0 Å². The second-order valence-electron chi connectivity index (χ2n) is 13.2. The highest BCUT2D eigenvalue weighted by molar-refractivity contribution is 6.15. The van der Waals surface area contributed by atoms with E-state index >= 15 is 0 Å². The molecular weight excluding hydrogens is 553 g/mol. The summed E-state index contributed by atoms with van der Waals surface area (Å²) in [6.45, 7) is 4.74. The molecular formula is C46H34. The SMILES string of the molecule is CC1(C)c2ccccc2-c2c1cc(-c1ccc(-c3c4ccccc4c(Cc4ccccc4)c4ccccc34)cc1)c1ccccc21. The Bertz CT molecular complexity index is 2390. The molecule has 0 spiro atoms. The summed E-state index contributed by atoms with van der Waals surface area (Å²) in [5, 5.41) is 7.92. The lowest BCUT2D eigenvalue weighted by Gasteiger charge is -2.23. The maximum Gasteiger partial charge on any atom is 0.0159 e. The van der Waals surface area contributed by atoms with Crippen LogP contribution in [0.3, 0.4) is 0 Å². The first-order chi connectivity index (χ1) is 22.6. The van der Waals surface area contributed by atoms with Crippen LogP contribution in [0.1, 0.15) is 36.1 Å². The fourth-order valence-electron chi connectivity index (χ4n) is 8.13. The smallest absolute Gasteiger partial charge is 0.0159 e. The van der Waals surface area contributed by atoms with Crippen LogP contribution in [0.2, 0.25) is 0 Å². The Hall–Kier alpha value is -5.46. The Balaban J connectivity index is 1.22. The minimum Gasteiger partial charge on any atom is -0.0622 e. The molecule has 9 rings (SSSR count). The number of hydrogen-bond donors (Lipinski definition) is 0. The van der Waals surface area contributed by atoms with E-state index in [-0.39, 0.29) is 5.41 Å². The molecule has 8 aromatic rings. The standard InChI is InChI=1S/C46H34/c1-46(2)42-23-13-12-22-39(42)45-38-21-11-6-16-33(38)40(29-43(45)46)31-24-26-32(27-25-31)44-36-19-9-7-17-34(36)41(28-30-14-4-3-5-15-30)35-18-8-10-20-37(35)44/h3-27,29H,28H2,1-2H3. The van der Waals surface area contributed by atoms with Crippen LogP contribution in [-0.2, 0) is 11.8 Å². The molecule has 0 aliphatic heterocycles. The predicted octanol–water partition coefficient (Wildman–Crippen LogP) is 12.4. The van der Waals surface area contributed by atoms with Gasteiger partial charge in [-0.25, -0.2) is 0 Å². The van der Waals surface area contributed by atoms with E-state index in [1.54, 1.807) is 0 Å². The van der Waals surface area contributed by atoms with Crippen LogP contribution in [0.15, 0.2) is 158 Å². The van der Waals surface area contributed by atoms with Crippen LogP contribution >= 0.6 is 0 Å². The average molecular weight is 587 g/mol. The number of fused-ring (bicyclic) bond motifs is 7. The van der Waals surface area contributed by atoms with Crippen molar-refractivity contribution in [3.05, 3.63) is 180 Å². The first-order valence-corrected chi connectivity index (χ1v) is 16.3. The normalized spacial score (nSPS) is 13.3. The van der Waals surface area contributed by atoms with E-state index < -0.39 is 0 Å². The molecule has 46 heavy (non-hydrogen) atoms. The molecule has 0 saturated carbocycles. The molecule has 0 aromatic heterocycles. The lowest BCUT2D eigenvalue weighted by atomic mass is 9.80. The van der Waals surface area contributed by atoms with Crippen molar-refractivity contribution < 1.29 is 0 Å². The topological polar surface area (TPSA) is 0 Å². The quantitative estimate of drug-likeness (QED) is 0.180. The van der Waals surface area contributed by atoms with Gasteiger partial charge in [-0.2, -0.15) is 0 Å². The summed E-state index contributed by atoms with van der Waals surface area (Å²) in [6, 6.07) is 58.5. The zero-order chi connectivity index (χ0) is 30.8. The molecule has 218 valence electrons. The van der Waals surface area contributed by atoms with E-state index in [0.29, 0.717) is 0 Å². The third-order valence-electron chi connectivity index (χ3n) is 10.3. The number of benzene rings is 8. The molecule has 8 aromatic carbocycles. The van der Waals surface area contributed by atoms with Crippen molar-refractivity contribution >= 4 is 32.3 Å². The minimum absolute atomic E-state index is 0.0516. The highest BCUT2D eigenvalue weighted by atomic mass is 14.4. The van der Waals surface area contributed by atoms with Crippen molar-refractivity contribution in [3.63, 3.8) is 0 Å². The Morgan fingerprint density at radius 2 is 0.891 bits per heavy atom.